The van der Waals surface area contributed by atoms with E-state index in [1.807, 2.05) is 6.92 Å². The van der Waals surface area contributed by atoms with Crippen LogP contribution in [0.2, 0.25) is 0 Å². The van der Waals surface area contributed by atoms with Gasteiger partial charge in [0.1, 0.15) is 5.78 Å². The van der Waals surface area contributed by atoms with Crippen LogP contribution in [0, 0.1) is 0 Å². The molecule has 1 saturated heterocycles. The van der Waals surface area contributed by atoms with Crippen LogP contribution in [0.5, 0.6) is 0 Å². The number of ketones is 1. The number of hydrogen-bond donors (Lipinski definition) is 1. The van der Waals surface area contributed by atoms with Crippen molar-refractivity contribution in [2.75, 3.05) is 13.7 Å². The minimum atomic E-state index is 0.233. The predicted octanol–water partition coefficient (Wildman–Crippen LogP) is 0.342. The summed E-state index contributed by atoms with van der Waals surface area (Å²) in [6, 6.07) is 0.549. The molecule has 1 aliphatic heterocycles. The maximum atomic E-state index is 11.1. The second-order valence-electron chi connectivity index (χ2n) is 3.17. The number of methoxy groups -OCH3 is 1. The summed E-state index contributed by atoms with van der Waals surface area (Å²) in [6.07, 6.45) is 1.29. The Morgan fingerprint density at radius 3 is 2.91 bits per heavy atom. The molecule has 1 heterocycles. The van der Waals surface area contributed by atoms with Crippen molar-refractivity contribution in [2.24, 2.45) is 0 Å². The fraction of sp³-hybridized carbons (Fsp3) is 0.875. The first-order valence-electron chi connectivity index (χ1n) is 3.99. The molecule has 0 spiro atoms. The molecule has 0 aromatic carbocycles. The molecule has 0 bridgehead atoms. The Morgan fingerprint density at radius 2 is 2.36 bits per heavy atom. The second-order valence-corrected chi connectivity index (χ2v) is 3.17. The summed E-state index contributed by atoms with van der Waals surface area (Å²) in [4.78, 5) is 11.1. The first-order chi connectivity index (χ1) is 5.22. The first-order valence-corrected chi connectivity index (χ1v) is 3.99. The van der Waals surface area contributed by atoms with Gasteiger partial charge < -0.3 is 10.1 Å². The molecule has 1 aliphatic rings. The van der Waals surface area contributed by atoms with Crippen molar-refractivity contribution in [1.82, 2.24) is 5.32 Å². The van der Waals surface area contributed by atoms with Crippen molar-refractivity contribution in [3.63, 3.8) is 0 Å². The van der Waals surface area contributed by atoms with Crippen LogP contribution < -0.4 is 5.32 Å². The van der Waals surface area contributed by atoms with Gasteiger partial charge >= 0.3 is 0 Å². The van der Waals surface area contributed by atoms with E-state index in [-0.39, 0.29) is 6.04 Å². The van der Waals surface area contributed by atoms with Crippen LogP contribution >= 0.6 is 0 Å². The minimum Gasteiger partial charge on any atom is -0.383 e. The molecular formula is C8H15NO2. The van der Waals surface area contributed by atoms with Crippen LogP contribution in [0.1, 0.15) is 19.8 Å². The van der Waals surface area contributed by atoms with Crippen LogP contribution in [0.3, 0.4) is 0 Å². The zero-order chi connectivity index (χ0) is 8.27. The van der Waals surface area contributed by atoms with Crippen LogP contribution in [0.15, 0.2) is 0 Å². The lowest BCUT2D eigenvalue weighted by Crippen LogP contribution is -2.46. The number of ether oxygens (including phenoxy) is 1. The Labute approximate surface area is 67.1 Å². The Kier molecular flexibility index (Phi) is 3.02. The Morgan fingerprint density at radius 1 is 1.64 bits per heavy atom. The average molecular weight is 157 g/mol. The van der Waals surface area contributed by atoms with E-state index in [1.165, 1.54) is 0 Å². The molecule has 2 unspecified atom stereocenters. The topological polar surface area (TPSA) is 38.3 Å². The number of nitrogens with one attached hydrogen (secondary N) is 1. The number of rotatable bonds is 2. The van der Waals surface area contributed by atoms with Gasteiger partial charge in [-0.1, -0.05) is 0 Å². The maximum absolute atomic E-state index is 11.1. The fourth-order valence-electron chi connectivity index (χ4n) is 1.53. The van der Waals surface area contributed by atoms with E-state index >= 15 is 0 Å². The minimum absolute atomic E-state index is 0.233. The zero-order valence-electron chi connectivity index (χ0n) is 7.09. The van der Waals surface area contributed by atoms with E-state index < -0.39 is 0 Å². The maximum Gasteiger partial charge on any atom is 0.136 e. The van der Waals surface area contributed by atoms with Gasteiger partial charge in [0, 0.05) is 32.0 Å². The third-order valence-corrected chi connectivity index (χ3v) is 1.90. The standard InChI is InChI=1S/C8H15NO2/c1-6-3-8(10)4-7(9-6)5-11-2/h6-7,9H,3-5H2,1-2H3. The largest absolute Gasteiger partial charge is 0.383 e. The Hall–Kier alpha value is -0.410. The molecule has 64 valence electrons. The molecule has 1 N–H and O–H groups in total. The summed E-state index contributed by atoms with van der Waals surface area (Å²) in [5, 5.41) is 3.30. The van der Waals surface area contributed by atoms with Crippen LogP contribution in [-0.4, -0.2) is 31.6 Å². The van der Waals surface area contributed by atoms with Gasteiger partial charge in [0.2, 0.25) is 0 Å². The zero-order valence-corrected chi connectivity index (χ0v) is 7.09. The Balaban J connectivity index is 2.36. The van der Waals surface area contributed by atoms with E-state index in [0.717, 1.165) is 0 Å². The van der Waals surface area contributed by atoms with Crippen molar-refractivity contribution in [3.8, 4) is 0 Å². The van der Waals surface area contributed by atoms with Gasteiger partial charge in [-0.3, -0.25) is 4.79 Å². The van der Waals surface area contributed by atoms with Crippen LogP contribution in [-0.2, 0) is 9.53 Å². The van der Waals surface area contributed by atoms with Crippen molar-refractivity contribution < 1.29 is 9.53 Å². The molecule has 3 heteroatoms. The second kappa shape index (κ2) is 3.83. The highest BCUT2D eigenvalue weighted by molar-refractivity contribution is 5.80. The molecule has 1 fully saturated rings. The first kappa shape index (κ1) is 8.68. The summed E-state index contributed by atoms with van der Waals surface area (Å²) in [6.45, 7) is 2.66. The van der Waals surface area contributed by atoms with Crippen molar-refractivity contribution in [3.05, 3.63) is 0 Å². The summed E-state index contributed by atoms with van der Waals surface area (Å²) in [7, 11) is 1.66. The molecule has 2 atom stereocenters. The molecule has 0 aromatic rings. The van der Waals surface area contributed by atoms with Crippen molar-refractivity contribution in [1.29, 1.82) is 0 Å². The van der Waals surface area contributed by atoms with Crippen molar-refractivity contribution >= 4 is 5.78 Å². The highest BCUT2D eigenvalue weighted by atomic mass is 16.5. The molecule has 0 amide bonds. The summed E-state index contributed by atoms with van der Waals surface area (Å²) in [5.74, 6) is 0.346. The molecule has 0 saturated carbocycles. The van der Waals surface area contributed by atoms with Gasteiger partial charge in [0.05, 0.1) is 6.61 Å². The third-order valence-electron chi connectivity index (χ3n) is 1.90. The monoisotopic (exact) mass is 157 g/mol. The van der Waals surface area contributed by atoms with Gasteiger partial charge in [-0.25, -0.2) is 0 Å². The average Bonchev–Trinajstić information content (AvgIpc) is 1.85. The smallest absolute Gasteiger partial charge is 0.136 e. The van der Waals surface area contributed by atoms with E-state index in [4.69, 9.17) is 4.74 Å². The number of carbonyl (C=O) groups excluding carboxylic acids is 1. The number of Topliss-reactive ketones (excluding diaryl/α,β-unsaturated/α-hetero) is 1. The number of piperidine rings is 1. The normalized spacial score (nSPS) is 32.4. The lowest BCUT2D eigenvalue weighted by molar-refractivity contribution is -0.121. The SMILES string of the molecule is COCC1CC(=O)CC(C)N1. The number of carbonyl (C=O) groups is 1. The van der Waals surface area contributed by atoms with Gasteiger partial charge in [0.25, 0.3) is 0 Å². The molecule has 1 rings (SSSR count). The summed E-state index contributed by atoms with van der Waals surface area (Å²) < 4.78 is 4.96. The molecule has 3 nitrogen and oxygen atoms in total. The van der Waals surface area contributed by atoms with Gasteiger partial charge in [0.15, 0.2) is 0 Å². The molecule has 0 aliphatic carbocycles. The van der Waals surface area contributed by atoms with E-state index in [9.17, 15) is 4.79 Å². The van der Waals surface area contributed by atoms with E-state index in [1.54, 1.807) is 7.11 Å². The molecular weight excluding hydrogens is 142 g/mol. The number of hydrogen-bond acceptors (Lipinski definition) is 3. The van der Waals surface area contributed by atoms with E-state index in [2.05, 4.69) is 5.32 Å². The van der Waals surface area contributed by atoms with Crippen LogP contribution in [0.25, 0.3) is 0 Å². The van der Waals surface area contributed by atoms with Gasteiger partial charge in [-0.15, -0.1) is 0 Å². The summed E-state index contributed by atoms with van der Waals surface area (Å²) in [5.41, 5.74) is 0. The lowest BCUT2D eigenvalue weighted by atomic mass is 9.99. The molecule has 0 aromatic heterocycles. The van der Waals surface area contributed by atoms with Crippen molar-refractivity contribution in [2.45, 2.75) is 31.8 Å². The van der Waals surface area contributed by atoms with Gasteiger partial charge in [-0.05, 0) is 6.92 Å². The Bertz CT molecular complexity index is 147. The van der Waals surface area contributed by atoms with Crippen LogP contribution in [0.4, 0.5) is 0 Å². The highest BCUT2D eigenvalue weighted by Gasteiger charge is 2.22. The summed E-state index contributed by atoms with van der Waals surface area (Å²) >= 11 is 0. The third kappa shape index (κ3) is 2.60. The molecule has 0 radical (unpaired) electrons. The predicted molar refractivity (Wildman–Crippen MR) is 42.5 cm³/mol. The quantitative estimate of drug-likeness (QED) is 0.628. The lowest BCUT2D eigenvalue weighted by Gasteiger charge is -2.27. The van der Waals surface area contributed by atoms with E-state index in [0.29, 0.717) is 31.3 Å². The van der Waals surface area contributed by atoms with Gasteiger partial charge in [-0.2, -0.15) is 0 Å². The highest BCUT2D eigenvalue weighted by Crippen LogP contribution is 2.08. The molecule has 11 heavy (non-hydrogen) atoms. The fourth-order valence-corrected chi connectivity index (χ4v) is 1.53.